The smallest absolute Gasteiger partial charge is 0.344 e. The van der Waals surface area contributed by atoms with Crippen LogP contribution in [0.1, 0.15) is 129 Å². The highest BCUT2D eigenvalue weighted by atomic mass is 16.6. The van der Waals surface area contributed by atoms with Gasteiger partial charge in [-0.05, 0) is 135 Å². The normalized spacial score (nSPS) is 33.7. The summed E-state index contributed by atoms with van der Waals surface area (Å²) in [5.41, 5.74) is 4.46. The molecule has 1 heterocycles. The van der Waals surface area contributed by atoms with Crippen LogP contribution in [0.15, 0.2) is 39.1 Å². The minimum atomic E-state index is -0.327. The number of esters is 1. The van der Waals surface area contributed by atoms with Crippen molar-refractivity contribution in [3.05, 3.63) is 51.4 Å². The van der Waals surface area contributed by atoms with Crippen molar-refractivity contribution in [1.29, 1.82) is 0 Å². The summed E-state index contributed by atoms with van der Waals surface area (Å²) in [7, 11) is 0. The maximum absolute atomic E-state index is 12.9. The van der Waals surface area contributed by atoms with Gasteiger partial charge in [-0.25, -0.2) is 9.59 Å². The number of hydrogen-bond acceptors (Lipinski definition) is 5. The average Bonchev–Trinajstić information content (AvgIpc) is 3.54. The Morgan fingerprint density at radius 1 is 1.00 bits per heavy atom. The first kappa shape index (κ1) is 33.0. The predicted molar refractivity (Wildman–Crippen MR) is 188 cm³/mol. The largest absolute Gasteiger partial charge is 0.482 e. The van der Waals surface area contributed by atoms with Gasteiger partial charge in [0.1, 0.15) is 17.4 Å². The van der Waals surface area contributed by atoms with Crippen molar-refractivity contribution in [2.75, 3.05) is 6.61 Å². The molecule has 0 radical (unpaired) electrons. The van der Waals surface area contributed by atoms with Crippen LogP contribution in [-0.2, 0) is 22.4 Å². The Morgan fingerprint density at radius 2 is 1.83 bits per heavy atom. The Morgan fingerprint density at radius 3 is 2.66 bits per heavy atom. The van der Waals surface area contributed by atoms with Crippen LogP contribution in [0.4, 0.5) is 0 Å². The molecule has 5 aliphatic carbocycles. The lowest BCUT2D eigenvalue weighted by molar-refractivity contribution is -0.154. The minimum absolute atomic E-state index is 0.0827. The molecule has 0 aliphatic heterocycles. The Hall–Kier alpha value is -2.56. The lowest BCUT2D eigenvalue weighted by Crippen LogP contribution is -2.52. The molecule has 7 rings (SSSR count). The molecule has 1 aromatic carbocycles. The standard InChI is InChI=1S/C42H58O5/c1-26(2)8-6-9-27(3)28-12-17-36-35-15-13-29-22-31(18-21-42(29,5)37(35)19-20-41(36,4)24-28)46-39(43)25-45-30-14-16-33-32-10-7-11-34(32)40(44)47-38(33)23-30/h13-14,16,23,26-28,31,35-37H,6-12,15,17-22,24-25H2,1-5H3/t27-,28-,31+,35-,36+,37-,41-,42+/m1/s1. The second-order valence-electron chi connectivity index (χ2n) is 17.3. The summed E-state index contributed by atoms with van der Waals surface area (Å²) in [5.74, 6) is 5.20. The van der Waals surface area contributed by atoms with Gasteiger partial charge in [-0.1, -0.05) is 65.5 Å². The lowest BCUT2D eigenvalue weighted by Gasteiger charge is -2.61. The SMILES string of the molecule is CC(C)CCC[C@@H](C)[C@@H]1CC[C@H]2[C@H]3CC=C4C[C@@H](OC(=O)COc5ccc6c7c(c(=O)oc6c5)CCC7)CC[C@]4(C)[C@@H]3CC[C@]2(C)C1. The summed E-state index contributed by atoms with van der Waals surface area (Å²) in [5, 5.41) is 0.970. The van der Waals surface area contributed by atoms with E-state index in [1.165, 1.54) is 63.4 Å². The van der Waals surface area contributed by atoms with Crippen LogP contribution in [-0.4, -0.2) is 18.7 Å². The Balaban J connectivity index is 0.940. The Labute approximate surface area is 282 Å². The monoisotopic (exact) mass is 642 g/mol. The van der Waals surface area contributed by atoms with Crippen molar-refractivity contribution in [2.24, 2.45) is 46.3 Å². The molecule has 5 nitrogen and oxygen atoms in total. The fourth-order valence-corrected chi connectivity index (χ4v) is 11.3. The van der Waals surface area contributed by atoms with Crippen molar-refractivity contribution in [1.82, 2.24) is 0 Å². The summed E-state index contributed by atoms with van der Waals surface area (Å²) < 4.78 is 17.4. The van der Waals surface area contributed by atoms with Gasteiger partial charge in [0.2, 0.25) is 0 Å². The number of aryl methyl sites for hydroxylation is 1. The summed E-state index contributed by atoms with van der Waals surface area (Å²) in [6, 6.07) is 5.54. The van der Waals surface area contributed by atoms with Gasteiger partial charge < -0.3 is 13.9 Å². The van der Waals surface area contributed by atoms with Crippen molar-refractivity contribution in [3.8, 4) is 5.75 Å². The number of rotatable bonds is 9. The maximum Gasteiger partial charge on any atom is 0.344 e. The first-order valence-corrected chi connectivity index (χ1v) is 19.1. The van der Waals surface area contributed by atoms with E-state index in [2.05, 4.69) is 40.7 Å². The van der Waals surface area contributed by atoms with E-state index < -0.39 is 0 Å². The second kappa shape index (κ2) is 13.0. The van der Waals surface area contributed by atoms with Crippen molar-refractivity contribution in [3.63, 3.8) is 0 Å². The van der Waals surface area contributed by atoms with Gasteiger partial charge in [0, 0.05) is 23.4 Å². The number of benzene rings is 1. The van der Waals surface area contributed by atoms with Crippen LogP contribution >= 0.6 is 0 Å². The number of fused-ring (bicyclic) bond motifs is 8. The van der Waals surface area contributed by atoms with E-state index in [0.717, 1.165) is 90.5 Å². The molecule has 256 valence electrons. The number of hydrogen-bond donors (Lipinski definition) is 0. The van der Waals surface area contributed by atoms with Crippen molar-refractivity contribution in [2.45, 2.75) is 137 Å². The predicted octanol–water partition coefficient (Wildman–Crippen LogP) is 10.0. The van der Waals surface area contributed by atoms with E-state index in [9.17, 15) is 9.59 Å². The molecule has 1 aromatic heterocycles. The number of carbonyl (C=O) groups excluding carboxylic acids is 1. The summed E-state index contributed by atoms with van der Waals surface area (Å²) in [6.07, 6.45) is 20.4. The average molecular weight is 643 g/mol. The van der Waals surface area contributed by atoms with Gasteiger partial charge in [0.25, 0.3) is 0 Å². The molecular formula is C42H58O5. The highest BCUT2D eigenvalue weighted by Crippen LogP contribution is 2.65. The van der Waals surface area contributed by atoms with Gasteiger partial charge >= 0.3 is 11.6 Å². The van der Waals surface area contributed by atoms with Crippen LogP contribution in [0.5, 0.6) is 5.75 Å². The maximum atomic E-state index is 12.9. The summed E-state index contributed by atoms with van der Waals surface area (Å²) in [4.78, 5) is 25.3. The van der Waals surface area contributed by atoms with Gasteiger partial charge in [-0.2, -0.15) is 0 Å². The van der Waals surface area contributed by atoms with Crippen LogP contribution in [0.2, 0.25) is 0 Å². The summed E-state index contributed by atoms with van der Waals surface area (Å²) >= 11 is 0. The zero-order chi connectivity index (χ0) is 32.9. The van der Waals surface area contributed by atoms with Gasteiger partial charge in [-0.3, -0.25) is 0 Å². The van der Waals surface area contributed by atoms with Crippen LogP contribution in [0.25, 0.3) is 11.0 Å². The van der Waals surface area contributed by atoms with Crippen molar-refractivity contribution >= 4 is 16.9 Å². The molecular weight excluding hydrogens is 584 g/mol. The fraction of sp³-hybridized carbons (Fsp3) is 0.714. The molecule has 0 amide bonds. The molecule has 2 aromatic rings. The number of ether oxygens (including phenoxy) is 2. The first-order valence-electron chi connectivity index (χ1n) is 19.1. The van der Waals surface area contributed by atoms with E-state index in [1.807, 2.05) is 12.1 Å². The number of carbonyl (C=O) groups is 1. The molecule has 5 aliphatic rings. The van der Waals surface area contributed by atoms with E-state index in [0.29, 0.717) is 16.7 Å². The molecule has 0 spiro atoms. The van der Waals surface area contributed by atoms with Crippen LogP contribution < -0.4 is 10.4 Å². The Bertz CT molecular complexity index is 1570. The molecule has 3 fully saturated rings. The Kier molecular flexibility index (Phi) is 9.15. The quantitative estimate of drug-likeness (QED) is 0.155. The highest BCUT2D eigenvalue weighted by Gasteiger charge is 2.56. The molecule has 0 saturated heterocycles. The zero-order valence-corrected chi connectivity index (χ0v) is 29.7. The third-order valence-corrected chi connectivity index (χ3v) is 14.0. The van der Waals surface area contributed by atoms with Gasteiger partial charge in [0.05, 0.1) is 0 Å². The second-order valence-corrected chi connectivity index (χ2v) is 17.3. The molecule has 0 N–H and O–H groups in total. The van der Waals surface area contributed by atoms with E-state index in [-0.39, 0.29) is 29.7 Å². The van der Waals surface area contributed by atoms with Gasteiger partial charge in [0.15, 0.2) is 6.61 Å². The lowest BCUT2D eigenvalue weighted by atomic mass is 9.44. The van der Waals surface area contributed by atoms with E-state index in [1.54, 1.807) is 6.07 Å². The topological polar surface area (TPSA) is 65.7 Å². The fourth-order valence-electron chi connectivity index (χ4n) is 11.3. The van der Waals surface area contributed by atoms with Crippen LogP contribution in [0, 0.1) is 46.3 Å². The minimum Gasteiger partial charge on any atom is -0.482 e. The van der Waals surface area contributed by atoms with E-state index in [4.69, 9.17) is 13.9 Å². The third-order valence-electron chi connectivity index (χ3n) is 14.0. The molecule has 47 heavy (non-hydrogen) atoms. The highest BCUT2D eigenvalue weighted by molar-refractivity contribution is 5.83. The van der Waals surface area contributed by atoms with Gasteiger partial charge in [-0.15, -0.1) is 0 Å². The molecule has 3 saturated carbocycles. The zero-order valence-electron chi connectivity index (χ0n) is 29.7. The number of allylic oxidation sites excluding steroid dienone is 1. The molecule has 8 atom stereocenters. The molecule has 0 bridgehead atoms. The third kappa shape index (κ3) is 6.34. The molecule has 0 unspecified atom stereocenters. The first-order chi connectivity index (χ1) is 22.5. The molecule has 5 heteroatoms. The van der Waals surface area contributed by atoms with Crippen molar-refractivity contribution < 1.29 is 18.7 Å². The van der Waals surface area contributed by atoms with Crippen LogP contribution in [0.3, 0.4) is 0 Å². The van der Waals surface area contributed by atoms with E-state index >= 15 is 0 Å². The summed E-state index contributed by atoms with van der Waals surface area (Å²) in [6.45, 7) is 12.3.